The monoisotopic (exact) mass is 681 g/mol. The fraction of sp³-hybridized carbons (Fsp3) is 0. The predicted octanol–water partition coefficient (Wildman–Crippen LogP) is 11.9. The molecule has 0 aliphatic heterocycles. The van der Waals surface area contributed by atoms with Crippen LogP contribution in [0, 0.1) is 11.3 Å². The molecule has 7 aromatic carbocycles. The molecule has 0 bridgehead atoms. The number of thiophene rings is 1. The third-order valence-corrected chi connectivity index (χ3v) is 10.9. The third-order valence-electron chi connectivity index (χ3n) is 9.71. The molecular weight excluding hydrogens is 655 g/mol. The molecule has 10 aromatic rings. The van der Waals surface area contributed by atoms with Crippen LogP contribution in [0.5, 0.6) is 0 Å². The Labute approximate surface area is 303 Å². The summed E-state index contributed by atoms with van der Waals surface area (Å²) >= 11 is 1.76. The summed E-state index contributed by atoms with van der Waals surface area (Å²) in [7, 11) is 0. The Kier molecular flexibility index (Phi) is 6.98. The van der Waals surface area contributed by atoms with E-state index in [1.165, 1.54) is 20.2 Å². The molecule has 10 rings (SSSR count). The van der Waals surface area contributed by atoms with Gasteiger partial charge in [0.05, 0.1) is 22.3 Å². The van der Waals surface area contributed by atoms with Crippen molar-refractivity contribution in [3.05, 3.63) is 169 Å². The predicted molar refractivity (Wildman–Crippen MR) is 214 cm³/mol. The average Bonchev–Trinajstić information content (AvgIpc) is 3.76. The molecule has 0 N–H and O–H groups in total. The van der Waals surface area contributed by atoms with Crippen LogP contribution in [0.25, 0.3) is 93.0 Å². The first-order valence-electron chi connectivity index (χ1n) is 17.1. The van der Waals surface area contributed by atoms with Crippen LogP contribution in [0.2, 0.25) is 0 Å². The topological polar surface area (TPSA) is 67.4 Å². The molecule has 0 unspecified atom stereocenters. The van der Waals surface area contributed by atoms with Gasteiger partial charge >= 0.3 is 0 Å². The van der Waals surface area contributed by atoms with Gasteiger partial charge in [0, 0.05) is 53.2 Å². The maximum absolute atomic E-state index is 10.7. The van der Waals surface area contributed by atoms with Crippen molar-refractivity contribution in [3.8, 4) is 57.0 Å². The summed E-state index contributed by atoms with van der Waals surface area (Å²) in [6, 6.07) is 58.6. The maximum Gasteiger partial charge on any atom is 0.164 e. The van der Waals surface area contributed by atoms with Crippen LogP contribution in [0.4, 0.5) is 0 Å². The highest BCUT2D eigenvalue weighted by Crippen LogP contribution is 2.40. The molecule has 0 aliphatic carbocycles. The van der Waals surface area contributed by atoms with E-state index in [1.807, 2.05) is 66.7 Å². The van der Waals surface area contributed by atoms with Crippen LogP contribution in [-0.4, -0.2) is 19.5 Å². The van der Waals surface area contributed by atoms with Crippen LogP contribution in [0.3, 0.4) is 0 Å². The molecule has 0 radical (unpaired) electrons. The smallest absolute Gasteiger partial charge is 0.164 e. The van der Waals surface area contributed by atoms with Crippen molar-refractivity contribution in [2.75, 3.05) is 0 Å². The van der Waals surface area contributed by atoms with Crippen LogP contribution >= 0.6 is 11.3 Å². The summed E-state index contributed by atoms with van der Waals surface area (Å²) in [5, 5.41) is 15.3. The first kappa shape index (κ1) is 29.9. The Balaban J connectivity index is 1.13. The second-order valence-corrected chi connectivity index (χ2v) is 13.8. The molecule has 0 aliphatic rings. The summed E-state index contributed by atoms with van der Waals surface area (Å²) in [6.07, 6.45) is 0. The SMILES string of the molecule is N#Cc1c(-c2ccc3sc4ccc(-c5nc(-c6ccccc6)nc(-c6ccccc6)n5)cc4c3c2)cccc1-n1c2ccccc2c2ccccc21. The highest BCUT2D eigenvalue weighted by molar-refractivity contribution is 7.25. The van der Waals surface area contributed by atoms with Crippen molar-refractivity contribution in [2.24, 2.45) is 0 Å². The van der Waals surface area contributed by atoms with Gasteiger partial charge in [-0.3, -0.25) is 0 Å². The minimum Gasteiger partial charge on any atom is -0.308 e. The zero-order chi connectivity index (χ0) is 34.6. The van der Waals surface area contributed by atoms with Crippen molar-refractivity contribution >= 4 is 53.3 Å². The van der Waals surface area contributed by atoms with E-state index in [0.29, 0.717) is 23.0 Å². The van der Waals surface area contributed by atoms with Crippen molar-refractivity contribution in [2.45, 2.75) is 0 Å². The summed E-state index contributed by atoms with van der Waals surface area (Å²) in [4.78, 5) is 14.8. The number of nitriles is 1. The maximum atomic E-state index is 10.7. The average molecular weight is 682 g/mol. The molecule has 0 fully saturated rings. The van der Waals surface area contributed by atoms with Gasteiger partial charge in [0.25, 0.3) is 0 Å². The summed E-state index contributed by atoms with van der Waals surface area (Å²) in [6.45, 7) is 0. The fourth-order valence-electron chi connectivity index (χ4n) is 7.29. The molecule has 3 aromatic heterocycles. The molecule has 0 atom stereocenters. The highest BCUT2D eigenvalue weighted by Gasteiger charge is 2.19. The molecule has 0 spiro atoms. The van der Waals surface area contributed by atoms with E-state index in [-0.39, 0.29) is 0 Å². The number of para-hydroxylation sites is 2. The van der Waals surface area contributed by atoms with Gasteiger partial charge in [0.15, 0.2) is 17.5 Å². The quantitative estimate of drug-likeness (QED) is 0.181. The summed E-state index contributed by atoms with van der Waals surface area (Å²) in [5.41, 5.74) is 8.35. The van der Waals surface area contributed by atoms with Gasteiger partial charge in [-0.2, -0.15) is 5.26 Å². The van der Waals surface area contributed by atoms with E-state index in [1.54, 1.807) is 11.3 Å². The Morgan fingerprint density at radius 3 is 1.52 bits per heavy atom. The van der Waals surface area contributed by atoms with E-state index in [9.17, 15) is 5.26 Å². The first-order chi connectivity index (χ1) is 25.7. The Morgan fingerprint density at radius 2 is 0.942 bits per heavy atom. The summed E-state index contributed by atoms with van der Waals surface area (Å²) < 4.78 is 4.58. The van der Waals surface area contributed by atoms with E-state index in [0.717, 1.165) is 55.3 Å². The molecule has 0 saturated heterocycles. The van der Waals surface area contributed by atoms with Crippen LogP contribution in [0.1, 0.15) is 5.56 Å². The van der Waals surface area contributed by atoms with Crippen molar-refractivity contribution in [1.29, 1.82) is 5.26 Å². The first-order valence-corrected chi connectivity index (χ1v) is 17.9. The number of rotatable bonds is 5. The number of benzene rings is 7. The molecule has 0 saturated carbocycles. The second kappa shape index (κ2) is 12.1. The zero-order valence-electron chi connectivity index (χ0n) is 27.7. The normalized spacial score (nSPS) is 11.4. The van der Waals surface area contributed by atoms with E-state index in [2.05, 4.69) is 108 Å². The van der Waals surface area contributed by atoms with E-state index < -0.39 is 0 Å². The van der Waals surface area contributed by atoms with Gasteiger partial charge < -0.3 is 4.57 Å². The van der Waals surface area contributed by atoms with Gasteiger partial charge in [-0.15, -0.1) is 11.3 Å². The van der Waals surface area contributed by atoms with Crippen molar-refractivity contribution in [3.63, 3.8) is 0 Å². The standard InChI is InChI=1S/C46H27N5S/c47-28-38-33(18-11-21-41(38)51-39-19-9-7-16-34(39)35-17-8-10-20-40(35)51)31-22-24-42-36(26-31)37-27-32(23-25-43(37)52-42)46-49-44(29-12-3-1-4-13-29)48-45(50-46)30-14-5-2-6-15-30/h1-27H. The number of aromatic nitrogens is 4. The molecule has 242 valence electrons. The van der Waals surface area contributed by atoms with Gasteiger partial charge in [0.2, 0.25) is 0 Å². The number of fused-ring (bicyclic) bond motifs is 6. The minimum atomic E-state index is 0.621. The zero-order valence-corrected chi connectivity index (χ0v) is 28.5. The lowest BCUT2D eigenvalue weighted by molar-refractivity contribution is 1.07. The van der Waals surface area contributed by atoms with Crippen molar-refractivity contribution in [1.82, 2.24) is 19.5 Å². The van der Waals surface area contributed by atoms with Gasteiger partial charge in [-0.05, 0) is 54.1 Å². The molecule has 5 nitrogen and oxygen atoms in total. The minimum absolute atomic E-state index is 0.621. The van der Waals surface area contributed by atoms with Crippen LogP contribution in [-0.2, 0) is 0 Å². The number of hydrogen-bond donors (Lipinski definition) is 0. The lowest BCUT2D eigenvalue weighted by Gasteiger charge is -2.13. The van der Waals surface area contributed by atoms with Crippen LogP contribution < -0.4 is 0 Å². The van der Waals surface area contributed by atoms with Crippen molar-refractivity contribution < 1.29 is 0 Å². The second-order valence-electron chi connectivity index (χ2n) is 12.7. The van der Waals surface area contributed by atoms with Crippen LogP contribution in [0.15, 0.2) is 164 Å². The van der Waals surface area contributed by atoms with Gasteiger partial charge in [-0.1, -0.05) is 115 Å². The highest BCUT2D eigenvalue weighted by atomic mass is 32.1. The lowest BCUT2D eigenvalue weighted by atomic mass is 9.97. The number of nitrogens with zero attached hydrogens (tertiary/aromatic N) is 5. The molecular formula is C46H27N5S. The molecule has 0 amide bonds. The van der Waals surface area contributed by atoms with E-state index >= 15 is 0 Å². The Morgan fingerprint density at radius 1 is 0.442 bits per heavy atom. The molecule has 52 heavy (non-hydrogen) atoms. The largest absolute Gasteiger partial charge is 0.308 e. The fourth-order valence-corrected chi connectivity index (χ4v) is 8.36. The third kappa shape index (κ3) is 4.87. The number of hydrogen-bond acceptors (Lipinski definition) is 5. The van der Waals surface area contributed by atoms with E-state index in [4.69, 9.17) is 15.0 Å². The molecule has 6 heteroatoms. The van der Waals surface area contributed by atoms with Gasteiger partial charge in [-0.25, -0.2) is 15.0 Å². The van der Waals surface area contributed by atoms with Gasteiger partial charge in [0.1, 0.15) is 6.07 Å². The Hall–Kier alpha value is -6.94. The summed E-state index contributed by atoms with van der Waals surface area (Å²) in [5.74, 6) is 1.89. The lowest BCUT2D eigenvalue weighted by Crippen LogP contribution is -2.00. The Bertz CT molecular complexity index is 2920. The molecule has 3 heterocycles.